The van der Waals surface area contributed by atoms with Gasteiger partial charge in [0.1, 0.15) is 5.82 Å². The number of carbonyl (C=O) groups excluding carboxylic acids is 1. The summed E-state index contributed by atoms with van der Waals surface area (Å²) in [5.41, 5.74) is 3.58. The van der Waals surface area contributed by atoms with E-state index in [1.165, 1.54) is 0 Å². The Morgan fingerprint density at radius 2 is 1.96 bits per heavy atom. The van der Waals surface area contributed by atoms with E-state index in [1.54, 1.807) is 6.26 Å². The molecule has 0 unspecified atom stereocenters. The second-order valence-corrected chi connectivity index (χ2v) is 7.16. The predicted octanol–water partition coefficient (Wildman–Crippen LogP) is 3.04. The summed E-state index contributed by atoms with van der Waals surface area (Å²) in [6.07, 6.45) is 1.84. The predicted molar refractivity (Wildman–Crippen MR) is 98.0 cm³/mol. The Bertz CT molecular complexity index is 903. The van der Waals surface area contributed by atoms with Crippen LogP contribution in [0, 0.1) is 6.92 Å². The van der Waals surface area contributed by atoms with Gasteiger partial charge in [0.05, 0.1) is 11.0 Å². The number of nitrogens with one attached hydrogen (secondary N) is 1. The molecule has 1 N–H and O–H groups in total. The second kappa shape index (κ2) is 6.97. The number of anilines is 1. The highest BCUT2D eigenvalue weighted by Crippen LogP contribution is 2.24. The zero-order valence-electron chi connectivity index (χ0n) is 13.7. The third-order valence-electron chi connectivity index (χ3n) is 3.74. The normalized spacial score (nSPS) is 12.2. The van der Waals surface area contributed by atoms with E-state index in [1.807, 2.05) is 55.5 Å². The van der Waals surface area contributed by atoms with Crippen LogP contribution in [0.25, 0.3) is 16.7 Å². The van der Waals surface area contributed by atoms with Crippen LogP contribution < -0.4 is 5.32 Å². The van der Waals surface area contributed by atoms with Crippen molar-refractivity contribution in [2.24, 2.45) is 0 Å². The Kier molecular flexibility index (Phi) is 4.76. The molecule has 3 rings (SSSR count). The number of benzene rings is 2. The molecule has 0 spiro atoms. The van der Waals surface area contributed by atoms with Gasteiger partial charge in [0.2, 0.25) is 5.91 Å². The molecule has 0 aliphatic heterocycles. The fourth-order valence-electron chi connectivity index (χ4n) is 2.64. The summed E-state index contributed by atoms with van der Waals surface area (Å²) in [5, 5.41) is 2.84. The molecule has 2 aromatic carbocycles. The number of amides is 1. The Morgan fingerprint density at radius 1 is 1.21 bits per heavy atom. The molecule has 0 radical (unpaired) electrons. The van der Waals surface area contributed by atoms with Gasteiger partial charge in [0, 0.05) is 40.6 Å². The van der Waals surface area contributed by atoms with Gasteiger partial charge in [-0.1, -0.05) is 18.2 Å². The number of hydrogen-bond acceptors (Lipinski definition) is 3. The monoisotopic (exact) mass is 341 g/mol. The van der Waals surface area contributed by atoms with Crippen LogP contribution >= 0.6 is 0 Å². The first-order valence-electron chi connectivity index (χ1n) is 7.69. The first-order chi connectivity index (χ1) is 11.5. The molecule has 0 aliphatic carbocycles. The van der Waals surface area contributed by atoms with Crippen molar-refractivity contribution < 1.29 is 9.00 Å². The number of rotatable bonds is 5. The van der Waals surface area contributed by atoms with Gasteiger partial charge in [0.25, 0.3) is 0 Å². The van der Waals surface area contributed by atoms with Gasteiger partial charge in [-0.15, -0.1) is 0 Å². The lowest BCUT2D eigenvalue weighted by molar-refractivity contribution is -0.115. The summed E-state index contributed by atoms with van der Waals surface area (Å²) in [6, 6.07) is 15.7. The van der Waals surface area contributed by atoms with E-state index in [2.05, 4.69) is 14.9 Å². The Morgan fingerprint density at radius 3 is 2.67 bits per heavy atom. The maximum Gasteiger partial charge on any atom is 0.225 e. The molecule has 1 heterocycles. The van der Waals surface area contributed by atoms with Crippen LogP contribution in [0.3, 0.4) is 0 Å². The van der Waals surface area contributed by atoms with Crippen LogP contribution in [0.4, 0.5) is 5.69 Å². The maximum absolute atomic E-state index is 11.9. The van der Waals surface area contributed by atoms with Crippen LogP contribution in [0.15, 0.2) is 48.5 Å². The third-order valence-corrected chi connectivity index (χ3v) is 4.52. The number of aromatic nitrogens is 2. The lowest BCUT2D eigenvalue weighted by atomic mass is 10.2. The summed E-state index contributed by atoms with van der Waals surface area (Å²) in [6.45, 7) is 1.96. The van der Waals surface area contributed by atoms with Crippen LogP contribution in [-0.2, 0) is 15.6 Å². The number of fused-ring (bicyclic) bond motifs is 1. The molecule has 0 saturated heterocycles. The van der Waals surface area contributed by atoms with Gasteiger partial charge in [-0.05, 0) is 37.3 Å². The first-order valence-corrected chi connectivity index (χ1v) is 9.42. The quantitative estimate of drug-likeness (QED) is 0.776. The van der Waals surface area contributed by atoms with E-state index in [0.29, 0.717) is 11.4 Å². The summed E-state index contributed by atoms with van der Waals surface area (Å²) < 4.78 is 13.2. The van der Waals surface area contributed by atoms with E-state index >= 15 is 0 Å². The molecular weight excluding hydrogens is 322 g/mol. The Labute approximate surface area is 143 Å². The van der Waals surface area contributed by atoms with Crippen molar-refractivity contribution in [3.8, 4) is 5.69 Å². The molecule has 24 heavy (non-hydrogen) atoms. The van der Waals surface area contributed by atoms with Crippen LogP contribution in [0.5, 0.6) is 0 Å². The van der Waals surface area contributed by atoms with Gasteiger partial charge in [-0.25, -0.2) is 4.98 Å². The molecule has 1 aromatic heterocycles. The molecule has 0 fully saturated rings. The Balaban J connectivity index is 1.88. The minimum Gasteiger partial charge on any atom is -0.326 e. The van der Waals surface area contributed by atoms with Gasteiger partial charge < -0.3 is 5.32 Å². The molecule has 5 nitrogen and oxygen atoms in total. The van der Waals surface area contributed by atoms with Crippen molar-refractivity contribution in [3.05, 3.63) is 54.4 Å². The van der Waals surface area contributed by atoms with E-state index < -0.39 is 10.8 Å². The van der Waals surface area contributed by atoms with Gasteiger partial charge in [-0.2, -0.15) is 0 Å². The number of carbonyl (C=O) groups is 1. The summed E-state index contributed by atoms with van der Waals surface area (Å²) >= 11 is 0. The van der Waals surface area contributed by atoms with E-state index in [9.17, 15) is 9.00 Å². The number of imidazole rings is 1. The molecule has 1 atom stereocenters. The summed E-state index contributed by atoms with van der Waals surface area (Å²) in [5.74, 6) is 1.13. The second-order valence-electron chi connectivity index (χ2n) is 5.61. The van der Waals surface area contributed by atoms with Crippen LogP contribution in [-0.4, -0.2) is 31.7 Å². The molecule has 0 aliphatic rings. The fourth-order valence-corrected chi connectivity index (χ4v) is 3.11. The SMILES string of the molecule is Cc1nc2cc(NC(=O)CC[S@](C)=O)ccc2n1-c1ccccc1. The standard InChI is InChI=1S/C18H19N3O2S/c1-13-19-16-12-14(20-18(22)10-11-24(2)23)8-9-17(16)21(13)15-6-4-3-5-7-15/h3-9,12H,10-11H2,1-2H3,(H,20,22)/t24-/m0/s1. The molecule has 1 amide bonds. The van der Waals surface area contributed by atoms with Crippen LogP contribution in [0.1, 0.15) is 12.2 Å². The minimum absolute atomic E-state index is 0.135. The Hall–Kier alpha value is -2.47. The lowest BCUT2D eigenvalue weighted by Gasteiger charge is -2.07. The summed E-state index contributed by atoms with van der Waals surface area (Å²) in [4.78, 5) is 16.5. The smallest absolute Gasteiger partial charge is 0.225 e. The van der Waals surface area contributed by atoms with Crippen molar-refractivity contribution in [3.63, 3.8) is 0 Å². The molecular formula is C18H19N3O2S. The molecule has 124 valence electrons. The first kappa shape index (κ1) is 16.4. The molecule has 3 aromatic rings. The average molecular weight is 341 g/mol. The highest BCUT2D eigenvalue weighted by Gasteiger charge is 2.11. The van der Waals surface area contributed by atoms with Gasteiger partial charge in [0.15, 0.2) is 0 Å². The maximum atomic E-state index is 11.9. The third kappa shape index (κ3) is 3.54. The highest BCUT2D eigenvalue weighted by molar-refractivity contribution is 7.84. The molecule has 0 bridgehead atoms. The largest absolute Gasteiger partial charge is 0.326 e. The van der Waals surface area contributed by atoms with Gasteiger partial charge >= 0.3 is 0 Å². The summed E-state index contributed by atoms with van der Waals surface area (Å²) in [7, 11) is -0.964. The molecule has 0 saturated carbocycles. The average Bonchev–Trinajstić information content (AvgIpc) is 2.88. The number of para-hydroxylation sites is 1. The van der Waals surface area contributed by atoms with Crippen molar-refractivity contribution in [2.45, 2.75) is 13.3 Å². The van der Waals surface area contributed by atoms with Crippen molar-refractivity contribution >= 4 is 33.4 Å². The van der Waals surface area contributed by atoms with Gasteiger partial charge in [-0.3, -0.25) is 13.6 Å². The molecule has 6 heteroatoms. The van der Waals surface area contributed by atoms with E-state index in [-0.39, 0.29) is 12.3 Å². The minimum atomic E-state index is -0.964. The van der Waals surface area contributed by atoms with E-state index in [0.717, 1.165) is 22.5 Å². The zero-order valence-corrected chi connectivity index (χ0v) is 14.5. The highest BCUT2D eigenvalue weighted by atomic mass is 32.2. The van der Waals surface area contributed by atoms with Crippen molar-refractivity contribution in [1.82, 2.24) is 9.55 Å². The lowest BCUT2D eigenvalue weighted by Crippen LogP contribution is -2.14. The number of hydrogen-bond donors (Lipinski definition) is 1. The zero-order chi connectivity index (χ0) is 17.1. The fraction of sp³-hybridized carbons (Fsp3) is 0.222. The van der Waals surface area contributed by atoms with Crippen molar-refractivity contribution in [2.75, 3.05) is 17.3 Å². The topological polar surface area (TPSA) is 64.0 Å². The van der Waals surface area contributed by atoms with Crippen LogP contribution in [0.2, 0.25) is 0 Å². The van der Waals surface area contributed by atoms with Crippen molar-refractivity contribution in [1.29, 1.82) is 0 Å². The van der Waals surface area contributed by atoms with E-state index in [4.69, 9.17) is 0 Å². The number of nitrogens with zero attached hydrogens (tertiary/aromatic N) is 2. The number of aryl methyl sites for hydroxylation is 1.